The van der Waals surface area contributed by atoms with Crippen LogP contribution in [0.3, 0.4) is 0 Å². The van der Waals surface area contributed by atoms with Crippen LogP contribution in [0.25, 0.3) is 0 Å². The van der Waals surface area contributed by atoms with E-state index in [1.165, 1.54) is 0 Å². The zero-order valence-electron chi connectivity index (χ0n) is 9.54. The van der Waals surface area contributed by atoms with Gasteiger partial charge in [-0.05, 0) is 50.1 Å². The van der Waals surface area contributed by atoms with E-state index in [4.69, 9.17) is 5.73 Å². The highest BCUT2D eigenvalue weighted by molar-refractivity contribution is 9.13. The average Bonchev–Trinajstić information content (AvgIpc) is 2.38. The van der Waals surface area contributed by atoms with E-state index >= 15 is 0 Å². The Balaban J connectivity index is 2.36. The Morgan fingerprint density at radius 1 is 0.842 bits per heavy atom. The second-order valence-corrected chi connectivity index (χ2v) is 5.95. The van der Waals surface area contributed by atoms with Crippen LogP contribution in [0.5, 0.6) is 0 Å². The zero-order valence-corrected chi connectivity index (χ0v) is 12.7. The van der Waals surface area contributed by atoms with Gasteiger partial charge in [0.15, 0.2) is 11.6 Å². The SMILES string of the molecule is Nc1cccc2c1C(=O)c1cc(Br)c(Br)cc1C2=O. The van der Waals surface area contributed by atoms with Crippen molar-refractivity contribution < 1.29 is 9.59 Å². The van der Waals surface area contributed by atoms with Gasteiger partial charge in [-0.25, -0.2) is 0 Å². The maximum atomic E-state index is 12.5. The first-order valence-electron chi connectivity index (χ1n) is 5.47. The van der Waals surface area contributed by atoms with Crippen molar-refractivity contribution in [2.45, 2.75) is 0 Å². The number of ketones is 2. The molecule has 0 fully saturated rings. The molecule has 2 N–H and O–H groups in total. The smallest absolute Gasteiger partial charge is 0.196 e. The van der Waals surface area contributed by atoms with E-state index in [2.05, 4.69) is 31.9 Å². The summed E-state index contributed by atoms with van der Waals surface area (Å²) in [5.41, 5.74) is 7.61. The van der Waals surface area contributed by atoms with Crippen LogP contribution in [0.15, 0.2) is 39.3 Å². The number of hydrogen-bond acceptors (Lipinski definition) is 3. The largest absolute Gasteiger partial charge is 0.398 e. The third kappa shape index (κ3) is 1.76. The lowest BCUT2D eigenvalue weighted by Gasteiger charge is -2.19. The normalized spacial score (nSPS) is 13.2. The fourth-order valence-corrected chi connectivity index (χ4v) is 2.90. The molecular weight excluding hydrogens is 374 g/mol. The lowest BCUT2D eigenvalue weighted by Crippen LogP contribution is -2.22. The van der Waals surface area contributed by atoms with Crippen LogP contribution in [-0.2, 0) is 0 Å². The molecule has 19 heavy (non-hydrogen) atoms. The monoisotopic (exact) mass is 379 g/mol. The van der Waals surface area contributed by atoms with E-state index in [0.717, 1.165) is 8.95 Å². The molecule has 3 nitrogen and oxygen atoms in total. The van der Waals surface area contributed by atoms with Gasteiger partial charge in [0.1, 0.15) is 0 Å². The Bertz CT molecular complexity index is 753. The molecule has 0 amide bonds. The van der Waals surface area contributed by atoms with Crippen LogP contribution in [0, 0.1) is 0 Å². The van der Waals surface area contributed by atoms with Gasteiger partial charge in [-0.15, -0.1) is 0 Å². The summed E-state index contributed by atoms with van der Waals surface area (Å²) < 4.78 is 1.46. The van der Waals surface area contributed by atoms with Crippen molar-refractivity contribution in [1.29, 1.82) is 0 Å². The Kier molecular flexibility index (Phi) is 2.83. The van der Waals surface area contributed by atoms with E-state index in [9.17, 15) is 9.59 Å². The number of hydrogen-bond donors (Lipinski definition) is 1. The highest BCUT2D eigenvalue weighted by Crippen LogP contribution is 2.35. The molecule has 0 spiro atoms. The second-order valence-electron chi connectivity index (χ2n) is 4.24. The second kappa shape index (κ2) is 4.28. The maximum Gasteiger partial charge on any atom is 0.196 e. The summed E-state index contributed by atoms with van der Waals surface area (Å²) in [5.74, 6) is -0.388. The number of benzene rings is 2. The molecule has 0 heterocycles. The van der Waals surface area contributed by atoms with Crippen LogP contribution in [0.4, 0.5) is 5.69 Å². The van der Waals surface area contributed by atoms with E-state index < -0.39 is 0 Å². The number of halogens is 2. The Labute approximate surface area is 126 Å². The van der Waals surface area contributed by atoms with Crippen molar-refractivity contribution in [2.75, 3.05) is 5.73 Å². The number of nitrogen functional groups attached to an aromatic ring is 1. The fraction of sp³-hybridized carbons (Fsp3) is 0. The van der Waals surface area contributed by atoms with Gasteiger partial charge in [-0.1, -0.05) is 12.1 Å². The molecule has 94 valence electrons. The Morgan fingerprint density at radius 2 is 1.42 bits per heavy atom. The lowest BCUT2D eigenvalue weighted by molar-refractivity contribution is 0.0979. The molecule has 0 aromatic heterocycles. The summed E-state index contributed by atoms with van der Waals surface area (Å²) >= 11 is 6.68. The van der Waals surface area contributed by atoms with Crippen molar-refractivity contribution in [3.63, 3.8) is 0 Å². The van der Waals surface area contributed by atoms with Gasteiger partial charge in [0.25, 0.3) is 0 Å². The third-order valence-electron chi connectivity index (χ3n) is 3.12. The van der Waals surface area contributed by atoms with Crippen LogP contribution in [-0.4, -0.2) is 11.6 Å². The van der Waals surface area contributed by atoms with Gasteiger partial charge in [-0.2, -0.15) is 0 Å². The highest BCUT2D eigenvalue weighted by Gasteiger charge is 2.31. The summed E-state index contributed by atoms with van der Waals surface area (Å²) in [6.07, 6.45) is 0. The van der Waals surface area contributed by atoms with Gasteiger partial charge in [0.05, 0.1) is 5.56 Å². The van der Waals surface area contributed by atoms with E-state index in [-0.39, 0.29) is 11.6 Å². The van der Waals surface area contributed by atoms with Crippen molar-refractivity contribution in [2.24, 2.45) is 0 Å². The minimum absolute atomic E-state index is 0.176. The van der Waals surface area contributed by atoms with E-state index in [1.54, 1.807) is 30.3 Å². The van der Waals surface area contributed by atoms with Crippen molar-refractivity contribution in [3.8, 4) is 0 Å². The van der Waals surface area contributed by atoms with E-state index in [0.29, 0.717) is 27.9 Å². The van der Waals surface area contributed by atoms with Gasteiger partial charge < -0.3 is 5.73 Å². The molecule has 0 atom stereocenters. The predicted octanol–water partition coefficient (Wildman–Crippen LogP) is 3.57. The predicted molar refractivity (Wildman–Crippen MR) is 79.6 cm³/mol. The number of nitrogens with two attached hydrogens (primary N) is 1. The fourth-order valence-electron chi connectivity index (χ4n) is 2.22. The zero-order chi connectivity index (χ0) is 13.7. The molecular formula is C14H7Br2NO2. The number of fused-ring (bicyclic) bond motifs is 2. The van der Waals surface area contributed by atoms with Crippen molar-refractivity contribution in [1.82, 2.24) is 0 Å². The molecule has 2 aromatic rings. The molecule has 0 saturated heterocycles. The number of carbonyl (C=O) groups excluding carboxylic acids is 2. The first kappa shape index (κ1) is 12.6. The number of rotatable bonds is 0. The molecule has 0 bridgehead atoms. The van der Waals surface area contributed by atoms with Crippen LogP contribution >= 0.6 is 31.9 Å². The van der Waals surface area contributed by atoms with Crippen molar-refractivity contribution in [3.05, 3.63) is 61.5 Å². The molecule has 0 unspecified atom stereocenters. The quantitative estimate of drug-likeness (QED) is 0.606. The van der Waals surface area contributed by atoms with Crippen LogP contribution in [0.2, 0.25) is 0 Å². The first-order valence-corrected chi connectivity index (χ1v) is 7.06. The standard InChI is InChI=1S/C14H7Br2NO2/c15-9-4-7-8(5-10(9)16)14(19)12-6(13(7)18)2-1-3-11(12)17/h1-5H,17H2. The van der Waals surface area contributed by atoms with Crippen LogP contribution in [0.1, 0.15) is 31.8 Å². The summed E-state index contributed by atoms with van der Waals surface area (Å²) in [7, 11) is 0. The van der Waals surface area contributed by atoms with Crippen LogP contribution < -0.4 is 5.73 Å². The Hall–Kier alpha value is -1.46. The summed E-state index contributed by atoms with van der Waals surface area (Å²) in [6, 6.07) is 8.24. The molecule has 0 aliphatic heterocycles. The van der Waals surface area contributed by atoms with Crippen molar-refractivity contribution >= 4 is 49.1 Å². The minimum atomic E-state index is -0.212. The molecule has 2 aromatic carbocycles. The summed E-state index contributed by atoms with van der Waals surface area (Å²) in [6.45, 7) is 0. The molecule has 5 heteroatoms. The summed E-state index contributed by atoms with van der Waals surface area (Å²) in [4.78, 5) is 24.9. The molecule has 1 aliphatic carbocycles. The van der Waals surface area contributed by atoms with Gasteiger partial charge >= 0.3 is 0 Å². The minimum Gasteiger partial charge on any atom is -0.398 e. The molecule has 0 radical (unpaired) electrons. The van der Waals surface area contributed by atoms with Gasteiger partial charge in [0, 0.05) is 31.3 Å². The third-order valence-corrected chi connectivity index (χ3v) is 4.96. The Morgan fingerprint density at radius 3 is 2.05 bits per heavy atom. The van der Waals surface area contributed by atoms with Gasteiger partial charge in [-0.3, -0.25) is 9.59 Å². The molecule has 0 saturated carbocycles. The average molecular weight is 381 g/mol. The lowest BCUT2D eigenvalue weighted by atomic mass is 9.83. The molecule has 1 aliphatic rings. The maximum absolute atomic E-state index is 12.5. The molecule has 3 rings (SSSR count). The van der Waals surface area contributed by atoms with E-state index in [1.807, 2.05) is 0 Å². The number of anilines is 1. The first-order chi connectivity index (χ1) is 9.00. The topological polar surface area (TPSA) is 60.2 Å². The summed E-state index contributed by atoms with van der Waals surface area (Å²) in [5, 5.41) is 0. The van der Waals surface area contributed by atoms with Gasteiger partial charge in [0.2, 0.25) is 0 Å². The number of carbonyl (C=O) groups is 2. The highest BCUT2D eigenvalue weighted by atomic mass is 79.9.